The minimum absolute atomic E-state index is 0.0158. The van der Waals surface area contributed by atoms with Crippen LogP contribution in [0.3, 0.4) is 0 Å². The molecule has 0 N–H and O–H groups in total. The Kier molecular flexibility index (Phi) is 4.18. The molecule has 0 saturated carbocycles. The summed E-state index contributed by atoms with van der Waals surface area (Å²) in [5.41, 5.74) is -6.67. The molecule has 1 aliphatic rings. The lowest BCUT2D eigenvalue weighted by Gasteiger charge is -2.28. The Morgan fingerprint density at radius 3 is 2.47 bits per heavy atom. The molecular weight excluding hydrogens is 289 g/mol. The molecule has 0 aromatic carbocycles. The van der Waals surface area contributed by atoms with Crippen molar-refractivity contribution in [1.82, 2.24) is 0 Å². The topological polar surface area (TPSA) is 69.7 Å². The van der Waals surface area contributed by atoms with E-state index in [2.05, 4.69) is 8.92 Å². The van der Waals surface area contributed by atoms with Crippen molar-refractivity contribution in [2.45, 2.75) is 31.7 Å². The molecule has 0 radical (unpaired) electrons. The maximum absolute atomic E-state index is 12.2. The van der Waals surface area contributed by atoms with Crippen LogP contribution < -0.4 is 0 Å². The molecule has 0 aliphatic heterocycles. The van der Waals surface area contributed by atoms with E-state index in [0.717, 1.165) is 13.2 Å². The van der Waals surface area contributed by atoms with Crippen LogP contribution in [0.2, 0.25) is 0 Å². The maximum Gasteiger partial charge on any atom is 0.534 e. The van der Waals surface area contributed by atoms with Crippen LogP contribution >= 0.6 is 0 Å². The average molecular weight is 302 g/mol. The van der Waals surface area contributed by atoms with Crippen molar-refractivity contribution in [2.24, 2.45) is 5.41 Å². The standard InChI is InChI=1S/C10H13F3O5S/c1-9(8(14)17-2)5-3-4-7(6-9)18-19(15,16)10(11,12)13/h6H,3-5H2,1-2H3/t9-/m1/s1. The number of esters is 1. The van der Waals surface area contributed by atoms with Crippen LogP contribution in [-0.4, -0.2) is 27.0 Å². The highest BCUT2D eigenvalue weighted by Crippen LogP contribution is 2.37. The van der Waals surface area contributed by atoms with Crippen molar-refractivity contribution in [1.29, 1.82) is 0 Å². The first kappa shape index (κ1) is 15.8. The molecule has 0 saturated heterocycles. The van der Waals surface area contributed by atoms with Crippen LogP contribution in [0.15, 0.2) is 11.8 Å². The quantitative estimate of drug-likeness (QED) is 0.453. The molecule has 5 nitrogen and oxygen atoms in total. The Morgan fingerprint density at radius 2 is 2.00 bits per heavy atom. The lowest BCUT2D eigenvalue weighted by molar-refractivity contribution is -0.149. The zero-order valence-corrected chi connectivity index (χ0v) is 11.1. The molecule has 0 amide bonds. The fourth-order valence-electron chi connectivity index (χ4n) is 1.78. The average Bonchev–Trinajstić information content (AvgIpc) is 2.25. The monoisotopic (exact) mass is 302 g/mol. The molecule has 110 valence electrons. The minimum atomic E-state index is -5.70. The first-order valence-corrected chi connectivity index (χ1v) is 6.73. The van der Waals surface area contributed by atoms with Gasteiger partial charge in [-0.2, -0.15) is 21.6 Å². The Balaban J connectivity index is 3.00. The van der Waals surface area contributed by atoms with E-state index in [9.17, 15) is 26.4 Å². The summed E-state index contributed by atoms with van der Waals surface area (Å²) >= 11 is 0. The molecule has 0 aromatic heterocycles. The van der Waals surface area contributed by atoms with Gasteiger partial charge in [0.15, 0.2) is 0 Å². The summed E-state index contributed by atoms with van der Waals surface area (Å²) < 4.78 is 66.8. The van der Waals surface area contributed by atoms with Gasteiger partial charge in [-0.1, -0.05) is 0 Å². The zero-order valence-electron chi connectivity index (χ0n) is 10.3. The van der Waals surface area contributed by atoms with Crippen LogP contribution in [0.5, 0.6) is 0 Å². The summed E-state index contributed by atoms with van der Waals surface area (Å²) in [6, 6.07) is 0. The first-order chi connectivity index (χ1) is 8.52. The van der Waals surface area contributed by atoms with Gasteiger partial charge in [0.25, 0.3) is 0 Å². The zero-order chi connectivity index (χ0) is 14.9. The minimum Gasteiger partial charge on any atom is -0.468 e. The Hall–Kier alpha value is -1.25. The normalized spacial score (nSPS) is 24.6. The van der Waals surface area contributed by atoms with E-state index in [1.54, 1.807) is 0 Å². The highest BCUT2D eigenvalue weighted by atomic mass is 32.2. The predicted molar refractivity (Wildman–Crippen MR) is 58.1 cm³/mol. The molecule has 0 bridgehead atoms. The SMILES string of the molecule is COC(=O)[C@@]1(C)C=C(OS(=O)(=O)C(F)(F)F)CCC1. The van der Waals surface area contributed by atoms with Gasteiger partial charge in [-0.15, -0.1) is 0 Å². The number of rotatable bonds is 3. The molecule has 1 aliphatic carbocycles. The third kappa shape index (κ3) is 3.40. The van der Waals surface area contributed by atoms with Crippen LogP contribution in [0, 0.1) is 5.41 Å². The smallest absolute Gasteiger partial charge is 0.468 e. The number of allylic oxidation sites excluding steroid dienone is 1. The number of carbonyl (C=O) groups is 1. The summed E-state index contributed by atoms with van der Waals surface area (Å²) in [5, 5.41) is 0. The molecule has 0 spiro atoms. The van der Waals surface area contributed by atoms with Crippen molar-refractivity contribution < 1.29 is 35.3 Å². The predicted octanol–water partition coefficient (Wildman–Crippen LogP) is 2.10. The van der Waals surface area contributed by atoms with Crippen LogP contribution in [0.25, 0.3) is 0 Å². The largest absolute Gasteiger partial charge is 0.534 e. The van der Waals surface area contributed by atoms with Gasteiger partial charge >= 0.3 is 21.6 Å². The number of halogens is 3. The van der Waals surface area contributed by atoms with Crippen LogP contribution in [-0.2, 0) is 23.8 Å². The van der Waals surface area contributed by atoms with Crippen LogP contribution in [0.1, 0.15) is 26.2 Å². The van der Waals surface area contributed by atoms with E-state index in [4.69, 9.17) is 0 Å². The van der Waals surface area contributed by atoms with Crippen molar-refractivity contribution in [3.05, 3.63) is 11.8 Å². The summed E-state index contributed by atoms with van der Waals surface area (Å²) in [4.78, 5) is 11.5. The van der Waals surface area contributed by atoms with Gasteiger partial charge in [0.1, 0.15) is 5.76 Å². The Labute approximate surface area is 108 Å². The Bertz CT molecular complexity index is 494. The van der Waals surface area contributed by atoms with E-state index in [1.807, 2.05) is 0 Å². The molecule has 0 aromatic rings. The van der Waals surface area contributed by atoms with Gasteiger partial charge < -0.3 is 8.92 Å². The number of carbonyl (C=O) groups excluding carboxylic acids is 1. The molecule has 19 heavy (non-hydrogen) atoms. The number of hydrogen-bond acceptors (Lipinski definition) is 5. The van der Waals surface area contributed by atoms with Crippen molar-refractivity contribution >= 4 is 16.1 Å². The van der Waals surface area contributed by atoms with Gasteiger partial charge in [-0.05, 0) is 25.8 Å². The van der Waals surface area contributed by atoms with Gasteiger partial charge in [-0.3, -0.25) is 4.79 Å². The number of methoxy groups -OCH3 is 1. The molecule has 1 rings (SSSR count). The summed E-state index contributed by atoms with van der Waals surface area (Å²) in [7, 11) is -4.56. The second-order valence-corrected chi connectivity index (χ2v) is 5.89. The van der Waals surface area contributed by atoms with Gasteiger partial charge in [0, 0.05) is 6.42 Å². The van der Waals surface area contributed by atoms with E-state index >= 15 is 0 Å². The number of hydrogen-bond donors (Lipinski definition) is 0. The highest BCUT2D eigenvalue weighted by Gasteiger charge is 2.49. The van der Waals surface area contributed by atoms with Gasteiger partial charge in [-0.25, -0.2) is 0 Å². The number of ether oxygens (including phenoxy) is 1. The fourth-order valence-corrected chi connectivity index (χ4v) is 2.29. The molecular formula is C10H13F3O5S. The van der Waals surface area contributed by atoms with E-state index < -0.39 is 32.8 Å². The van der Waals surface area contributed by atoms with Gasteiger partial charge in [0.2, 0.25) is 0 Å². The Morgan fingerprint density at radius 1 is 1.42 bits per heavy atom. The highest BCUT2D eigenvalue weighted by molar-refractivity contribution is 7.87. The van der Waals surface area contributed by atoms with Crippen molar-refractivity contribution in [3.8, 4) is 0 Å². The van der Waals surface area contributed by atoms with E-state index in [1.165, 1.54) is 6.92 Å². The second-order valence-electron chi connectivity index (χ2n) is 4.36. The molecule has 0 unspecified atom stereocenters. The first-order valence-electron chi connectivity index (χ1n) is 5.33. The summed E-state index contributed by atoms with van der Waals surface area (Å²) in [6.07, 6.45) is 1.76. The third-order valence-electron chi connectivity index (χ3n) is 2.75. The molecule has 0 heterocycles. The summed E-state index contributed by atoms with van der Waals surface area (Å²) in [5.74, 6) is -1.05. The summed E-state index contributed by atoms with van der Waals surface area (Å²) in [6.45, 7) is 1.45. The van der Waals surface area contributed by atoms with Crippen molar-refractivity contribution in [3.63, 3.8) is 0 Å². The van der Waals surface area contributed by atoms with E-state index in [-0.39, 0.29) is 6.42 Å². The lowest BCUT2D eigenvalue weighted by atomic mass is 9.80. The maximum atomic E-state index is 12.2. The van der Waals surface area contributed by atoms with Crippen LogP contribution in [0.4, 0.5) is 13.2 Å². The molecule has 1 atom stereocenters. The van der Waals surface area contributed by atoms with Crippen molar-refractivity contribution in [2.75, 3.05) is 7.11 Å². The number of alkyl halides is 3. The third-order valence-corrected chi connectivity index (χ3v) is 3.75. The van der Waals surface area contributed by atoms with E-state index in [0.29, 0.717) is 12.8 Å². The molecule has 9 heteroatoms. The lowest BCUT2D eigenvalue weighted by Crippen LogP contribution is -2.31. The fraction of sp³-hybridized carbons (Fsp3) is 0.700. The molecule has 0 fully saturated rings. The van der Waals surface area contributed by atoms with Gasteiger partial charge in [0.05, 0.1) is 12.5 Å². The second kappa shape index (κ2) is 5.03.